The molecule has 6 nitrogen and oxygen atoms in total. The van der Waals surface area contributed by atoms with E-state index >= 15 is 0 Å². The lowest BCUT2D eigenvalue weighted by molar-refractivity contribution is -0.128. The number of hydrogen-bond donors (Lipinski definition) is 3. The third-order valence-corrected chi connectivity index (χ3v) is 3.28. The second-order valence-electron chi connectivity index (χ2n) is 4.90. The molecule has 3 N–H and O–H groups in total. The van der Waals surface area contributed by atoms with Crippen LogP contribution in [0.1, 0.15) is 12.5 Å². The molecule has 0 spiro atoms. The monoisotopic (exact) mass is 327 g/mol. The van der Waals surface area contributed by atoms with Gasteiger partial charge in [-0.3, -0.25) is 9.59 Å². The number of ether oxygens (including phenoxy) is 1. The second kappa shape index (κ2) is 9.40. The van der Waals surface area contributed by atoms with Gasteiger partial charge in [0.2, 0.25) is 11.8 Å². The molecule has 22 heavy (non-hydrogen) atoms. The van der Waals surface area contributed by atoms with E-state index in [2.05, 4.69) is 22.9 Å². The minimum atomic E-state index is -0.380. The molecule has 122 valence electrons. The quantitative estimate of drug-likeness (QED) is 0.744. The first kappa shape index (κ1) is 18.4. The molecule has 0 aromatic heterocycles. The van der Waals surface area contributed by atoms with E-state index in [1.807, 2.05) is 24.3 Å². The fourth-order valence-corrected chi connectivity index (χ4v) is 2.10. The first-order valence-electron chi connectivity index (χ1n) is 7.16. The van der Waals surface area contributed by atoms with Crippen molar-refractivity contribution in [2.24, 2.45) is 0 Å². The van der Waals surface area contributed by atoms with Crippen molar-refractivity contribution in [2.45, 2.75) is 19.4 Å². The second-order valence-corrected chi connectivity index (χ2v) is 4.90. The molecule has 1 fully saturated rings. The SMILES string of the molecule is CCc1cccc(NC(=O)CNC(=O)C2COCCN2)c1.Cl. The normalized spacial score (nSPS) is 17.2. The molecule has 2 rings (SSSR count). The number of morpholine rings is 1. The Morgan fingerprint density at radius 3 is 2.91 bits per heavy atom. The molecule has 1 aromatic carbocycles. The number of rotatable bonds is 5. The number of amides is 2. The van der Waals surface area contributed by atoms with Gasteiger partial charge in [0.1, 0.15) is 6.04 Å². The number of carbonyl (C=O) groups excluding carboxylic acids is 2. The predicted molar refractivity (Wildman–Crippen MR) is 87.3 cm³/mol. The van der Waals surface area contributed by atoms with E-state index < -0.39 is 0 Å². The van der Waals surface area contributed by atoms with Crippen molar-refractivity contribution in [3.8, 4) is 0 Å². The van der Waals surface area contributed by atoms with Crippen LogP contribution in [0.4, 0.5) is 5.69 Å². The zero-order valence-corrected chi connectivity index (χ0v) is 13.4. The zero-order valence-electron chi connectivity index (χ0n) is 12.6. The highest BCUT2D eigenvalue weighted by molar-refractivity contribution is 5.95. The third-order valence-electron chi connectivity index (χ3n) is 3.28. The maximum absolute atomic E-state index is 11.8. The number of carbonyl (C=O) groups is 2. The van der Waals surface area contributed by atoms with Gasteiger partial charge in [-0.2, -0.15) is 0 Å². The minimum Gasteiger partial charge on any atom is -0.378 e. The van der Waals surface area contributed by atoms with Gasteiger partial charge in [-0.25, -0.2) is 0 Å². The molecule has 0 saturated carbocycles. The van der Waals surface area contributed by atoms with Crippen molar-refractivity contribution in [1.29, 1.82) is 0 Å². The Bertz CT molecular complexity index is 505. The summed E-state index contributed by atoms with van der Waals surface area (Å²) < 4.78 is 5.21. The van der Waals surface area contributed by atoms with Crippen LogP contribution in [0, 0.1) is 0 Å². The highest BCUT2D eigenvalue weighted by atomic mass is 35.5. The highest BCUT2D eigenvalue weighted by Gasteiger charge is 2.21. The summed E-state index contributed by atoms with van der Waals surface area (Å²) >= 11 is 0. The van der Waals surface area contributed by atoms with Crippen molar-refractivity contribution in [3.05, 3.63) is 29.8 Å². The van der Waals surface area contributed by atoms with Gasteiger partial charge < -0.3 is 20.7 Å². The molecule has 0 radical (unpaired) electrons. The average Bonchev–Trinajstić information content (AvgIpc) is 2.53. The lowest BCUT2D eigenvalue weighted by atomic mass is 10.1. The number of aryl methyl sites for hydroxylation is 1. The van der Waals surface area contributed by atoms with E-state index in [0.29, 0.717) is 19.8 Å². The summed E-state index contributed by atoms with van der Waals surface area (Å²) in [4.78, 5) is 23.6. The highest BCUT2D eigenvalue weighted by Crippen LogP contribution is 2.10. The lowest BCUT2D eigenvalue weighted by Crippen LogP contribution is -2.52. The Morgan fingerprint density at radius 2 is 2.23 bits per heavy atom. The Labute approximate surface area is 136 Å². The Balaban J connectivity index is 0.00000242. The van der Waals surface area contributed by atoms with Crippen LogP contribution < -0.4 is 16.0 Å². The van der Waals surface area contributed by atoms with Crippen LogP contribution in [0.2, 0.25) is 0 Å². The van der Waals surface area contributed by atoms with Crippen LogP contribution >= 0.6 is 12.4 Å². The summed E-state index contributed by atoms with van der Waals surface area (Å²) in [5.41, 5.74) is 1.90. The van der Waals surface area contributed by atoms with Crippen LogP contribution in [0.25, 0.3) is 0 Å². The zero-order chi connectivity index (χ0) is 15.1. The number of benzene rings is 1. The largest absolute Gasteiger partial charge is 0.378 e. The number of halogens is 1. The summed E-state index contributed by atoms with van der Waals surface area (Å²) in [6, 6.07) is 7.28. The molecule has 1 unspecified atom stereocenters. The van der Waals surface area contributed by atoms with Gasteiger partial charge in [-0.05, 0) is 24.1 Å². The molecule has 1 aromatic rings. The van der Waals surface area contributed by atoms with Crippen molar-refractivity contribution >= 4 is 29.9 Å². The van der Waals surface area contributed by atoms with E-state index in [4.69, 9.17) is 4.74 Å². The molecule has 7 heteroatoms. The molecule has 2 amide bonds. The van der Waals surface area contributed by atoms with Crippen LogP contribution in [-0.4, -0.2) is 44.2 Å². The molecule has 1 atom stereocenters. The first-order chi connectivity index (χ1) is 10.2. The Morgan fingerprint density at radius 1 is 1.41 bits per heavy atom. The molecule has 0 aliphatic carbocycles. The van der Waals surface area contributed by atoms with Gasteiger partial charge in [0, 0.05) is 12.2 Å². The van der Waals surface area contributed by atoms with Gasteiger partial charge in [0.15, 0.2) is 0 Å². The standard InChI is InChI=1S/C15H21N3O3.ClH/c1-2-11-4-3-5-12(8-11)18-14(19)9-17-15(20)13-10-21-7-6-16-13;/h3-5,8,13,16H,2,6-7,9-10H2,1H3,(H,17,20)(H,18,19);1H. The van der Waals surface area contributed by atoms with Gasteiger partial charge in [0.05, 0.1) is 19.8 Å². The van der Waals surface area contributed by atoms with Crippen molar-refractivity contribution in [2.75, 3.05) is 31.6 Å². The van der Waals surface area contributed by atoms with Gasteiger partial charge in [-0.1, -0.05) is 19.1 Å². The van der Waals surface area contributed by atoms with E-state index in [9.17, 15) is 9.59 Å². The molecule has 1 saturated heterocycles. The lowest BCUT2D eigenvalue weighted by Gasteiger charge is -2.22. The predicted octanol–water partition coefficient (Wildman–Crippen LogP) is 0.714. The third kappa shape index (κ3) is 5.63. The Hall–Kier alpha value is -1.63. The van der Waals surface area contributed by atoms with E-state index in [1.54, 1.807) is 0 Å². The van der Waals surface area contributed by atoms with Gasteiger partial charge in [0.25, 0.3) is 0 Å². The molecular weight excluding hydrogens is 306 g/mol. The number of anilines is 1. The van der Waals surface area contributed by atoms with Crippen molar-refractivity contribution < 1.29 is 14.3 Å². The smallest absolute Gasteiger partial charge is 0.243 e. The van der Waals surface area contributed by atoms with Crippen molar-refractivity contribution in [1.82, 2.24) is 10.6 Å². The van der Waals surface area contributed by atoms with Crippen molar-refractivity contribution in [3.63, 3.8) is 0 Å². The summed E-state index contributed by atoms with van der Waals surface area (Å²) in [5, 5.41) is 8.42. The minimum absolute atomic E-state index is 0. The van der Waals surface area contributed by atoms with Gasteiger partial charge in [-0.15, -0.1) is 12.4 Å². The number of nitrogens with one attached hydrogen (secondary N) is 3. The molecule has 1 heterocycles. The fraction of sp³-hybridized carbons (Fsp3) is 0.467. The van der Waals surface area contributed by atoms with E-state index in [0.717, 1.165) is 17.7 Å². The van der Waals surface area contributed by atoms with E-state index in [1.165, 1.54) is 0 Å². The molecular formula is C15H22ClN3O3. The van der Waals surface area contributed by atoms with Crippen LogP contribution in [-0.2, 0) is 20.7 Å². The van der Waals surface area contributed by atoms with Gasteiger partial charge >= 0.3 is 0 Å². The Kier molecular flexibility index (Phi) is 7.87. The average molecular weight is 328 g/mol. The summed E-state index contributed by atoms with van der Waals surface area (Å²) in [7, 11) is 0. The van der Waals surface area contributed by atoms with E-state index in [-0.39, 0.29) is 36.8 Å². The summed E-state index contributed by atoms with van der Waals surface area (Å²) in [6.07, 6.45) is 0.911. The summed E-state index contributed by atoms with van der Waals surface area (Å²) in [6.45, 7) is 3.60. The topological polar surface area (TPSA) is 79.5 Å². The molecule has 1 aliphatic heterocycles. The van der Waals surface area contributed by atoms with Crippen LogP contribution in [0.5, 0.6) is 0 Å². The van der Waals surface area contributed by atoms with Crippen LogP contribution in [0.15, 0.2) is 24.3 Å². The molecule has 0 bridgehead atoms. The first-order valence-corrected chi connectivity index (χ1v) is 7.16. The fourth-order valence-electron chi connectivity index (χ4n) is 2.10. The molecule has 1 aliphatic rings. The summed E-state index contributed by atoms with van der Waals surface area (Å²) in [5.74, 6) is -0.458. The number of hydrogen-bond acceptors (Lipinski definition) is 4. The maximum atomic E-state index is 11.8. The van der Waals surface area contributed by atoms with Crippen LogP contribution in [0.3, 0.4) is 0 Å². The maximum Gasteiger partial charge on any atom is 0.243 e.